The summed E-state index contributed by atoms with van der Waals surface area (Å²) >= 11 is 0. The summed E-state index contributed by atoms with van der Waals surface area (Å²) in [5.74, 6) is 0.0717. The Morgan fingerprint density at radius 3 is 2.30 bits per heavy atom. The number of aryl methyl sites for hydroxylation is 1. The van der Waals surface area contributed by atoms with E-state index >= 15 is 0 Å². The van der Waals surface area contributed by atoms with Gasteiger partial charge in [-0.05, 0) is 30.7 Å². The minimum Gasteiger partial charge on any atom is -0.383 e. The lowest BCUT2D eigenvalue weighted by molar-refractivity contribution is -0.137. The highest BCUT2D eigenvalue weighted by molar-refractivity contribution is 5.75. The normalized spacial score (nSPS) is 11.2. The summed E-state index contributed by atoms with van der Waals surface area (Å²) in [6.45, 7) is 1.70. The number of nitrogens with two attached hydrogens (primary N) is 1. The number of hydrogen-bond donors (Lipinski definition) is 1. The summed E-state index contributed by atoms with van der Waals surface area (Å²) in [6.07, 6.45) is -4.39. The SMILES string of the molecule is Cc1cc(-c2ccc(C(F)(F)F)cc2)c(C#N)c(N)n1. The number of nitrogens with zero attached hydrogens (tertiary/aromatic N) is 2. The van der Waals surface area contributed by atoms with Crippen LogP contribution in [0.4, 0.5) is 19.0 Å². The van der Waals surface area contributed by atoms with Gasteiger partial charge in [0.2, 0.25) is 0 Å². The Balaban J connectivity index is 2.56. The number of pyridine rings is 1. The molecule has 0 spiro atoms. The van der Waals surface area contributed by atoms with Gasteiger partial charge in [-0.1, -0.05) is 12.1 Å². The fourth-order valence-electron chi connectivity index (χ4n) is 1.88. The first-order valence-electron chi connectivity index (χ1n) is 5.68. The molecule has 2 N–H and O–H groups in total. The predicted molar refractivity (Wildman–Crippen MR) is 68.5 cm³/mol. The molecule has 102 valence electrons. The third kappa shape index (κ3) is 2.57. The third-order valence-electron chi connectivity index (χ3n) is 2.81. The van der Waals surface area contributed by atoms with Crippen LogP contribution >= 0.6 is 0 Å². The lowest BCUT2D eigenvalue weighted by atomic mass is 9.99. The van der Waals surface area contributed by atoms with Crippen LogP contribution in [0.5, 0.6) is 0 Å². The lowest BCUT2D eigenvalue weighted by Crippen LogP contribution is -2.04. The van der Waals surface area contributed by atoms with E-state index in [4.69, 9.17) is 11.0 Å². The number of nitriles is 1. The lowest BCUT2D eigenvalue weighted by Gasteiger charge is -2.10. The number of alkyl halides is 3. The molecular weight excluding hydrogens is 267 g/mol. The summed E-state index contributed by atoms with van der Waals surface area (Å²) in [7, 11) is 0. The van der Waals surface area contributed by atoms with Crippen molar-refractivity contribution in [3.8, 4) is 17.2 Å². The average molecular weight is 277 g/mol. The van der Waals surface area contributed by atoms with Gasteiger partial charge in [0, 0.05) is 11.3 Å². The van der Waals surface area contributed by atoms with Crippen LogP contribution in [-0.2, 0) is 6.18 Å². The molecule has 0 aliphatic rings. The zero-order valence-electron chi connectivity index (χ0n) is 10.5. The first-order valence-corrected chi connectivity index (χ1v) is 5.68. The first-order chi connectivity index (χ1) is 9.32. The van der Waals surface area contributed by atoms with Crippen LogP contribution in [0.1, 0.15) is 16.8 Å². The van der Waals surface area contributed by atoms with Crippen LogP contribution in [0.15, 0.2) is 30.3 Å². The number of hydrogen-bond acceptors (Lipinski definition) is 3. The molecule has 0 aliphatic heterocycles. The average Bonchev–Trinajstić information content (AvgIpc) is 2.37. The van der Waals surface area contributed by atoms with Crippen molar-refractivity contribution in [2.75, 3.05) is 5.73 Å². The quantitative estimate of drug-likeness (QED) is 0.867. The molecule has 2 aromatic rings. The monoisotopic (exact) mass is 277 g/mol. The van der Waals surface area contributed by atoms with Gasteiger partial charge in [0.25, 0.3) is 0 Å². The van der Waals surface area contributed by atoms with Gasteiger partial charge >= 0.3 is 6.18 Å². The Morgan fingerprint density at radius 2 is 1.80 bits per heavy atom. The van der Waals surface area contributed by atoms with Gasteiger partial charge in [-0.2, -0.15) is 18.4 Å². The van der Waals surface area contributed by atoms with E-state index in [-0.39, 0.29) is 11.4 Å². The molecule has 2 rings (SSSR count). The number of halogens is 3. The highest BCUT2D eigenvalue weighted by atomic mass is 19.4. The van der Waals surface area contributed by atoms with Crippen LogP contribution in [-0.4, -0.2) is 4.98 Å². The fourth-order valence-corrected chi connectivity index (χ4v) is 1.88. The standard InChI is InChI=1S/C14H10F3N3/c1-8-6-11(12(7-18)13(19)20-8)9-2-4-10(5-3-9)14(15,16)17/h2-6H,1H3,(H2,19,20). The summed E-state index contributed by atoms with van der Waals surface area (Å²) in [5, 5.41) is 9.09. The molecule has 1 aromatic heterocycles. The van der Waals surface area contributed by atoms with Crippen molar-refractivity contribution < 1.29 is 13.2 Å². The zero-order valence-corrected chi connectivity index (χ0v) is 10.5. The van der Waals surface area contributed by atoms with Crippen LogP contribution in [0.2, 0.25) is 0 Å². The van der Waals surface area contributed by atoms with E-state index in [0.29, 0.717) is 16.8 Å². The molecular formula is C14H10F3N3. The number of rotatable bonds is 1. The molecule has 0 atom stereocenters. The largest absolute Gasteiger partial charge is 0.416 e. The summed E-state index contributed by atoms with van der Waals surface area (Å²) in [4.78, 5) is 3.96. The zero-order chi connectivity index (χ0) is 14.9. The van der Waals surface area contributed by atoms with Crippen molar-refractivity contribution in [2.45, 2.75) is 13.1 Å². The first kappa shape index (κ1) is 13.9. The Morgan fingerprint density at radius 1 is 1.20 bits per heavy atom. The second-order valence-corrected chi connectivity index (χ2v) is 4.26. The van der Waals surface area contributed by atoms with Crippen LogP contribution < -0.4 is 5.73 Å². The number of benzene rings is 1. The molecule has 0 saturated heterocycles. The molecule has 20 heavy (non-hydrogen) atoms. The van der Waals surface area contributed by atoms with E-state index in [2.05, 4.69) is 4.98 Å². The van der Waals surface area contributed by atoms with E-state index < -0.39 is 11.7 Å². The number of nitrogen functional groups attached to an aromatic ring is 1. The minimum atomic E-state index is -4.39. The van der Waals surface area contributed by atoms with E-state index in [1.807, 2.05) is 6.07 Å². The molecule has 1 heterocycles. The maximum Gasteiger partial charge on any atom is 0.416 e. The maximum atomic E-state index is 12.5. The second kappa shape index (κ2) is 4.85. The van der Waals surface area contributed by atoms with Gasteiger partial charge in [0.05, 0.1) is 5.56 Å². The van der Waals surface area contributed by atoms with Crippen molar-refractivity contribution >= 4 is 5.82 Å². The summed E-state index contributed by atoms with van der Waals surface area (Å²) < 4.78 is 37.5. The van der Waals surface area contributed by atoms with Crippen LogP contribution in [0.3, 0.4) is 0 Å². The minimum absolute atomic E-state index is 0.0717. The van der Waals surface area contributed by atoms with E-state index in [9.17, 15) is 13.2 Å². The highest BCUT2D eigenvalue weighted by Crippen LogP contribution is 2.32. The van der Waals surface area contributed by atoms with Crippen molar-refractivity contribution in [2.24, 2.45) is 0 Å². The van der Waals surface area contributed by atoms with Crippen molar-refractivity contribution in [3.63, 3.8) is 0 Å². The predicted octanol–water partition coefficient (Wildman–Crippen LogP) is 3.53. The topological polar surface area (TPSA) is 62.7 Å². The van der Waals surface area contributed by atoms with Crippen molar-refractivity contribution in [3.05, 3.63) is 47.2 Å². The smallest absolute Gasteiger partial charge is 0.383 e. The molecule has 0 bridgehead atoms. The Labute approximate surface area is 113 Å². The van der Waals surface area contributed by atoms with E-state index in [0.717, 1.165) is 12.1 Å². The molecule has 3 nitrogen and oxygen atoms in total. The Kier molecular flexibility index (Phi) is 3.36. The third-order valence-corrected chi connectivity index (χ3v) is 2.81. The van der Waals surface area contributed by atoms with Gasteiger partial charge in [-0.15, -0.1) is 0 Å². The molecule has 0 amide bonds. The van der Waals surface area contributed by atoms with Crippen LogP contribution in [0, 0.1) is 18.3 Å². The number of anilines is 1. The Bertz CT molecular complexity index is 683. The summed E-state index contributed by atoms with van der Waals surface area (Å²) in [6, 6.07) is 8.13. The molecule has 0 saturated carbocycles. The van der Waals surface area contributed by atoms with E-state index in [1.165, 1.54) is 12.1 Å². The van der Waals surface area contributed by atoms with Gasteiger partial charge in [-0.3, -0.25) is 0 Å². The molecule has 6 heteroatoms. The van der Waals surface area contributed by atoms with E-state index in [1.54, 1.807) is 13.0 Å². The van der Waals surface area contributed by atoms with Crippen molar-refractivity contribution in [1.29, 1.82) is 5.26 Å². The van der Waals surface area contributed by atoms with Gasteiger partial charge in [0.15, 0.2) is 0 Å². The van der Waals surface area contributed by atoms with Crippen LogP contribution in [0.25, 0.3) is 11.1 Å². The Hall–Kier alpha value is -2.55. The molecule has 0 aliphatic carbocycles. The maximum absolute atomic E-state index is 12.5. The summed E-state index contributed by atoms with van der Waals surface area (Å²) in [5.41, 5.74) is 6.64. The molecule has 1 aromatic carbocycles. The fraction of sp³-hybridized carbons (Fsp3) is 0.143. The van der Waals surface area contributed by atoms with Gasteiger partial charge < -0.3 is 5.73 Å². The molecule has 0 radical (unpaired) electrons. The molecule has 0 unspecified atom stereocenters. The molecule has 0 fully saturated rings. The highest BCUT2D eigenvalue weighted by Gasteiger charge is 2.30. The van der Waals surface area contributed by atoms with Gasteiger partial charge in [-0.25, -0.2) is 4.98 Å². The number of aromatic nitrogens is 1. The van der Waals surface area contributed by atoms with Crippen molar-refractivity contribution in [1.82, 2.24) is 4.98 Å². The second-order valence-electron chi connectivity index (χ2n) is 4.26. The van der Waals surface area contributed by atoms with Gasteiger partial charge in [0.1, 0.15) is 17.5 Å².